The molecule has 4 rings (SSSR count). The molecule has 1 aliphatic carbocycles. The van der Waals surface area contributed by atoms with Crippen molar-refractivity contribution in [3.05, 3.63) is 41.3 Å². The summed E-state index contributed by atoms with van der Waals surface area (Å²) in [5, 5.41) is 14.1. The van der Waals surface area contributed by atoms with E-state index in [1.165, 1.54) is 11.8 Å². The van der Waals surface area contributed by atoms with Crippen LogP contribution in [0, 0.1) is 11.8 Å². The summed E-state index contributed by atoms with van der Waals surface area (Å²) in [7, 11) is 0. The van der Waals surface area contributed by atoms with Crippen LogP contribution >= 0.6 is 24.2 Å². The lowest BCUT2D eigenvalue weighted by molar-refractivity contribution is -0.127. The lowest BCUT2D eigenvalue weighted by Gasteiger charge is -2.33. The standard InChI is InChI=1S/C28H39N5O5S.ClH/c1-18(2)16-23(24(34)27-31-32-28(38-27)39-3)30-26(36)21-10-6-7-11-22(21)29-25(35)20-9-5-4-8-19(20)17-33-12-14-37-15-13-33;/h4-5,8-9,18,21-23H,6-7,10-17H2,1-3H3,(H,29,35)(H,30,36);1H/t21-,22+,23+;/m1./s1. The van der Waals surface area contributed by atoms with Crippen molar-refractivity contribution in [3.8, 4) is 0 Å². The van der Waals surface area contributed by atoms with Crippen molar-refractivity contribution in [2.24, 2.45) is 11.8 Å². The molecular weight excluding hydrogens is 554 g/mol. The van der Waals surface area contributed by atoms with Gasteiger partial charge in [-0.1, -0.05) is 56.7 Å². The van der Waals surface area contributed by atoms with E-state index in [1.807, 2.05) is 38.1 Å². The van der Waals surface area contributed by atoms with Crippen molar-refractivity contribution in [1.82, 2.24) is 25.7 Å². The molecular formula is C28H40ClN5O5S. The van der Waals surface area contributed by atoms with Crippen molar-refractivity contribution < 1.29 is 23.5 Å². The average Bonchev–Trinajstić information content (AvgIpc) is 3.42. The highest BCUT2D eigenvalue weighted by Gasteiger charge is 2.36. The van der Waals surface area contributed by atoms with E-state index in [0.717, 1.165) is 31.5 Å². The molecule has 2 heterocycles. The molecule has 1 aromatic heterocycles. The smallest absolute Gasteiger partial charge is 0.286 e. The van der Waals surface area contributed by atoms with E-state index in [4.69, 9.17) is 9.15 Å². The summed E-state index contributed by atoms with van der Waals surface area (Å²) in [6.45, 7) is 7.71. The monoisotopic (exact) mass is 593 g/mol. The quantitative estimate of drug-likeness (QED) is 0.296. The molecule has 10 nitrogen and oxygen atoms in total. The van der Waals surface area contributed by atoms with E-state index in [-0.39, 0.29) is 42.1 Å². The predicted molar refractivity (Wildman–Crippen MR) is 155 cm³/mol. The van der Waals surface area contributed by atoms with Gasteiger partial charge in [0.1, 0.15) is 0 Å². The number of amides is 2. The molecule has 220 valence electrons. The molecule has 2 fully saturated rings. The molecule has 1 aromatic carbocycles. The fourth-order valence-corrected chi connectivity index (χ4v) is 5.55. The highest BCUT2D eigenvalue weighted by molar-refractivity contribution is 7.98. The molecule has 0 spiro atoms. The van der Waals surface area contributed by atoms with Gasteiger partial charge in [-0.05, 0) is 43.1 Å². The Kier molecular flexibility index (Phi) is 12.4. The Bertz CT molecular complexity index is 1140. The highest BCUT2D eigenvalue weighted by Crippen LogP contribution is 2.26. The number of rotatable bonds is 11. The van der Waals surface area contributed by atoms with Gasteiger partial charge in [0.15, 0.2) is 0 Å². The number of benzene rings is 1. The molecule has 2 amide bonds. The van der Waals surface area contributed by atoms with Crippen LogP contribution in [0.4, 0.5) is 0 Å². The zero-order valence-corrected chi connectivity index (χ0v) is 25.0. The second kappa shape index (κ2) is 15.5. The van der Waals surface area contributed by atoms with Crippen LogP contribution in [0.15, 0.2) is 33.9 Å². The summed E-state index contributed by atoms with van der Waals surface area (Å²) in [6.07, 6.45) is 5.40. The number of nitrogens with zero attached hydrogens (tertiary/aromatic N) is 3. The third-order valence-electron chi connectivity index (χ3n) is 7.31. The predicted octanol–water partition coefficient (Wildman–Crippen LogP) is 3.75. The van der Waals surface area contributed by atoms with E-state index in [9.17, 15) is 14.4 Å². The zero-order valence-electron chi connectivity index (χ0n) is 23.4. The lowest BCUT2D eigenvalue weighted by atomic mass is 9.83. The van der Waals surface area contributed by atoms with Crippen LogP contribution in [0.25, 0.3) is 0 Å². The minimum Gasteiger partial charge on any atom is -0.408 e. The van der Waals surface area contributed by atoms with Crippen LogP contribution in [0.1, 0.15) is 72.6 Å². The number of hydrogen-bond acceptors (Lipinski definition) is 9. The first-order chi connectivity index (χ1) is 18.9. The number of ketones is 1. The Morgan fingerprint density at radius 2 is 1.82 bits per heavy atom. The van der Waals surface area contributed by atoms with E-state index < -0.39 is 17.7 Å². The summed E-state index contributed by atoms with van der Waals surface area (Å²) >= 11 is 1.26. The van der Waals surface area contributed by atoms with E-state index in [0.29, 0.717) is 49.8 Å². The minimum absolute atomic E-state index is 0. The normalized spacial score (nSPS) is 20.4. The number of hydrogen-bond donors (Lipinski definition) is 2. The Labute approximate surface area is 246 Å². The minimum atomic E-state index is -0.778. The van der Waals surface area contributed by atoms with Crippen LogP contribution in [0.2, 0.25) is 0 Å². The number of morpholine rings is 1. The maximum atomic E-state index is 13.5. The fraction of sp³-hybridized carbons (Fsp3) is 0.607. The molecule has 0 bridgehead atoms. The number of ether oxygens (including phenoxy) is 1. The van der Waals surface area contributed by atoms with Crippen molar-refractivity contribution in [1.29, 1.82) is 0 Å². The van der Waals surface area contributed by atoms with Crippen LogP contribution in [-0.2, 0) is 16.1 Å². The maximum Gasteiger partial charge on any atom is 0.286 e. The molecule has 0 radical (unpaired) electrons. The van der Waals surface area contributed by atoms with Crippen molar-refractivity contribution in [3.63, 3.8) is 0 Å². The molecule has 0 unspecified atom stereocenters. The Morgan fingerprint density at radius 1 is 1.10 bits per heavy atom. The van der Waals surface area contributed by atoms with Gasteiger partial charge in [-0.3, -0.25) is 19.3 Å². The number of nitrogens with one attached hydrogen (secondary N) is 2. The van der Waals surface area contributed by atoms with Gasteiger partial charge in [0.2, 0.25) is 11.7 Å². The number of carbonyl (C=O) groups excluding carboxylic acids is 3. The number of thioether (sulfide) groups is 1. The van der Waals surface area contributed by atoms with Crippen LogP contribution in [-0.4, -0.2) is 77.3 Å². The Hall–Kier alpha value is -2.47. The van der Waals surface area contributed by atoms with Gasteiger partial charge in [-0.15, -0.1) is 22.6 Å². The van der Waals surface area contributed by atoms with Gasteiger partial charge in [0, 0.05) is 31.2 Å². The molecule has 1 saturated carbocycles. The summed E-state index contributed by atoms with van der Waals surface area (Å²) in [5.41, 5.74) is 1.59. The van der Waals surface area contributed by atoms with Crippen molar-refractivity contribution in [2.45, 2.75) is 69.8 Å². The van der Waals surface area contributed by atoms with Crippen LogP contribution in [0.3, 0.4) is 0 Å². The van der Waals surface area contributed by atoms with Crippen LogP contribution < -0.4 is 10.6 Å². The number of carbonyl (C=O) groups is 3. The van der Waals surface area contributed by atoms with Gasteiger partial charge < -0.3 is 19.8 Å². The van der Waals surface area contributed by atoms with Crippen molar-refractivity contribution >= 4 is 41.8 Å². The van der Waals surface area contributed by atoms with E-state index >= 15 is 0 Å². The molecule has 2 N–H and O–H groups in total. The number of aromatic nitrogens is 2. The summed E-state index contributed by atoms with van der Waals surface area (Å²) in [6, 6.07) is 6.54. The number of halogens is 1. The molecule has 12 heteroatoms. The van der Waals surface area contributed by atoms with E-state index in [1.54, 1.807) is 6.26 Å². The third kappa shape index (κ3) is 8.52. The van der Waals surface area contributed by atoms with Crippen molar-refractivity contribution in [2.75, 3.05) is 32.6 Å². The maximum absolute atomic E-state index is 13.5. The van der Waals surface area contributed by atoms with Gasteiger partial charge in [0.25, 0.3) is 17.0 Å². The lowest BCUT2D eigenvalue weighted by Crippen LogP contribution is -2.52. The first kappa shape index (κ1) is 32.0. The van der Waals surface area contributed by atoms with Gasteiger partial charge in [-0.2, -0.15) is 0 Å². The topological polar surface area (TPSA) is 127 Å². The molecule has 40 heavy (non-hydrogen) atoms. The van der Waals surface area contributed by atoms with Crippen LogP contribution in [0.5, 0.6) is 0 Å². The SMILES string of the molecule is CSc1nnc(C(=O)[C@H](CC(C)C)NC(=O)[C@@H]2CCCC[C@@H]2NC(=O)c2ccccc2CN2CCOCC2)o1.Cl. The third-order valence-corrected chi connectivity index (χ3v) is 7.83. The second-order valence-electron chi connectivity index (χ2n) is 10.6. The van der Waals surface area contributed by atoms with Gasteiger partial charge >= 0.3 is 0 Å². The molecule has 2 aromatic rings. The van der Waals surface area contributed by atoms with Gasteiger partial charge in [-0.25, -0.2) is 0 Å². The molecule has 3 atom stereocenters. The number of Topliss-reactive ketones (excluding diaryl/α,β-unsaturated/α-hetero) is 1. The first-order valence-electron chi connectivity index (χ1n) is 13.8. The highest BCUT2D eigenvalue weighted by atomic mass is 35.5. The molecule has 2 aliphatic rings. The van der Waals surface area contributed by atoms with Gasteiger partial charge in [0.05, 0.1) is 25.2 Å². The average molecular weight is 594 g/mol. The van der Waals surface area contributed by atoms with E-state index in [2.05, 4.69) is 25.7 Å². The second-order valence-corrected chi connectivity index (χ2v) is 11.4. The Balaban J connectivity index is 0.00000441. The summed E-state index contributed by atoms with van der Waals surface area (Å²) in [5.74, 6) is -1.17. The largest absolute Gasteiger partial charge is 0.408 e. The molecule has 1 aliphatic heterocycles. The summed E-state index contributed by atoms with van der Waals surface area (Å²) < 4.78 is 10.9. The summed E-state index contributed by atoms with van der Waals surface area (Å²) in [4.78, 5) is 42.5. The first-order valence-corrected chi connectivity index (χ1v) is 15.0. The zero-order chi connectivity index (χ0) is 27.8. The molecule has 1 saturated heterocycles. The Morgan fingerprint density at radius 3 is 2.52 bits per heavy atom. The fourth-order valence-electron chi connectivity index (χ4n) is 5.27.